The Hall–Kier alpha value is -0.260. The first-order valence-corrected chi connectivity index (χ1v) is 12.4. The van der Waals surface area contributed by atoms with E-state index in [0.29, 0.717) is 0 Å². The number of unbranched alkanes of at least 4 members (excludes halogenated alkanes) is 11. The molecule has 0 saturated heterocycles. The van der Waals surface area contributed by atoms with Crippen molar-refractivity contribution in [3.8, 4) is 0 Å². The molecule has 0 heteroatoms. The monoisotopic (exact) mass is 376 g/mol. The smallest absolute Gasteiger partial charge is 0.0351 e. The number of hydrogen-bond acceptors (Lipinski definition) is 0. The van der Waals surface area contributed by atoms with E-state index in [2.05, 4.69) is 39.8 Å². The molecule has 0 bridgehead atoms. The Labute approximate surface area is 174 Å². The molecule has 0 spiro atoms. The molecule has 0 aliphatic rings. The SMILES string of the molecule is [CH2]CCCCCCC(C)CCCC=CCCCCC(C)CCCCCC[CH2]. The van der Waals surface area contributed by atoms with Crippen molar-refractivity contribution in [3.63, 3.8) is 0 Å². The van der Waals surface area contributed by atoms with E-state index in [-0.39, 0.29) is 0 Å². The highest BCUT2D eigenvalue weighted by atomic mass is 14.1. The van der Waals surface area contributed by atoms with Crippen LogP contribution in [0.15, 0.2) is 12.2 Å². The van der Waals surface area contributed by atoms with Crippen LogP contribution in [0.25, 0.3) is 0 Å². The van der Waals surface area contributed by atoms with Gasteiger partial charge < -0.3 is 0 Å². The predicted octanol–water partition coefficient (Wildman–Crippen LogP) is 9.89. The average Bonchev–Trinajstić information content (AvgIpc) is 2.66. The summed E-state index contributed by atoms with van der Waals surface area (Å²) in [5, 5.41) is 0. The second kappa shape index (κ2) is 22.0. The highest BCUT2D eigenvalue weighted by molar-refractivity contribution is 4.81. The van der Waals surface area contributed by atoms with Gasteiger partial charge in [-0.25, -0.2) is 0 Å². The van der Waals surface area contributed by atoms with Crippen molar-refractivity contribution in [1.82, 2.24) is 0 Å². The minimum absolute atomic E-state index is 0.915. The topological polar surface area (TPSA) is 0 Å². The van der Waals surface area contributed by atoms with Crippen molar-refractivity contribution >= 4 is 0 Å². The Morgan fingerprint density at radius 3 is 1.33 bits per heavy atom. The molecule has 0 amide bonds. The van der Waals surface area contributed by atoms with E-state index < -0.39 is 0 Å². The molecule has 0 nitrogen and oxygen atoms in total. The molecule has 0 aromatic rings. The van der Waals surface area contributed by atoms with Crippen LogP contribution in [0.2, 0.25) is 0 Å². The standard InChI is InChI=1S/C27H52/c1-5-7-9-14-18-22-26(3)24-20-16-12-11-13-17-21-25-27(4)23-19-15-10-8-6-2/h11-12,26-27H,1-2,5-10,13-25H2,3-4H3. The fourth-order valence-electron chi connectivity index (χ4n) is 3.91. The van der Waals surface area contributed by atoms with Crippen LogP contribution in [0.3, 0.4) is 0 Å². The molecule has 0 heterocycles. The van der Waals surface area contributed by atoms with Gasteiger partial charge in [0.25, 0.3) is 0 Å². The van der Waals surface area contributed by atoms with Crippen molar-refractivity contribution in [2.24, 2.45) is 11.8 Å². The normalized spacial score (nSPS) is 14.1. The number of hydrogen-bond donors (Lipinski definition) is 0. The van der Waals surface area contributed by atoms with Gasteiger partial charge in [0.05, 0.1) is 0 Å². The Kier molecular flexibility index (Phi) is 21.8. The van der Waals surface area contributed by atoms with Gasteiger partial charge in [-0.05, 0) is 37.5 Å². The fraction of sp³-hybridized carbons (Fsp3) is 0.852. The second-order valence-electron chi connectivity index (χ2n) is 9.01. The third kappa shape index (κ3) is 21.9. The lowest BCUT2D eigenvalue weighted by Crippen LogP contribution is -1.95. The van der Waals surface area contributed by atoms with Gasteiger partial charge in [0.1, 0.15) is 0 Å². The van der Waals surface area contributed by atoms with E-state index >= 15 is 0 Å². The average molecular weight is 377 g/mol. The van der Waals surface area contributed by atoms with Crippen LogP contribution in [0.4, 0.5) is 0 Å². The minimum atomic E-state index is 0.915. The van der Waals surface area contributed by atoms with Gasteiger partial charge in [0.15, 0.2) is 0 Å². The van der Waals surface area contributed by atoms with Crippen LogP contribution in [0.5, 0.6) is 0 Å². The lowest BCUT2D eigenvalue weighted by atomic mass is 9.96. The summed E-state index contributed by atoms with van der Waals surface area (Å²) in [6.07, 6.45) is 30.6. The van der Waals surface area contributed by atoms with E-state index in [4.69, 9.17) is 0 Å². The van der Waals surface area contributed by atoms with Crippen molar-refractivity contribution < 1.29 is 0 Å². The van der Waals surface area contributed by atoms with Gasteiger partial charge >= 0.3 is 0 Å². The molecule has 2 radical (unpaired) electrons. The second-order valence-corrected chi connectivity index (χ2v) is 9.01. The van der Waals surface area contributed by atoms with Crippen LogP contribution >= 0.6 is 0 Å². The summed E-state index contributed by atoms with van der Waals surface area (Å²) in [4.78, 5) is 0. The molecule has 0 aromatic carbocycles. The Morgan fingerprint density at radius 2 is 0.852 bits per heavy atom. The summed E-state index contributed by atoms with van der Waals surface area (Å²) in [6, 6.07) is 0. The van der Waals surface area contributed by atoms with Crippen LogP contribution in [-0.4, -0.2) is 0 Å². The summed E-state index contributed by atoms with van der Waals surface area (Å²) in [6.45, 7) is 12.7. The summed E-state index contributed by atoms with van der Waals surface area (Å²) in [5.74, 6) is 1.84. The largest absolute Gasteiger partial charge is 0.0885 e. The Morgan fingerprint density at radius 1 is 0.481 bits per heavy atom. The van der Waals surface area contributed by atoms with Gasteiger partial charge in [-0.2, -0.15) is 0 Å². The molecule has 0 N–H and O–H groups in total. The lowest BCUT2D eigenvalue weighted by Gasteiger charge is -2.10. The molecule has 0 aliphatic heterocycles. The molecular weight excluding hydrogens is 324 g/mol. The molecule has 0 aliphatic carbocycles. The van der Waals surface area contributed by atoms with E-state index in [1.165, 1.54) is 109 Å². The van der Waals surface area contributed by atoms with E-state index in [0.717, 1.165) is 24.7 Å². The third-order valence-corrected chi connectivity index (χ3v) is 5.95. The van der Waals surface area contributed by atoms with Gasteiger partial charge in [0, 0.05) is 0 Å². The lowest BCUT2D eigenvalue weighted by molar-refractivity contribution is 0.440. The van der Waals surface area contributed by atoms with Crippen LogP contribution in [0, 0.1) is 25.7 Å². The molecule has 2 atom stereocenters. The number of rotatable bonds is 21. The van der Waals surface area contributed by atoms with Gasteiger partial charge in [-0.1, -0.05) is 136 Å². The van der Waals surface area contributed by atoms with Crippen LogP contribution < -0.4 is 0 Å². The van der Waals surface area contributed by atoms with Crippen molar-refractivity contribution in [1.29, 1.82) is 0 Å². The zero-order valence-electron chi connectivity index (χ0n) is 19.2. The van der Waals surface area contributed by atoms with Gasteiger partial charge in [-0.3, -0.25) is 0 Å². The highest BCUT2D eigenvalue weighted by Crippen LogP contribution is 2.18. The Bertz CT molecular complexity index is 290. The number of allylic oxidation sites excluding steroid dienone is 2. The first-order chi connectivity index (χ1) is 13.2. The quantitative estimate of drug-likeness (QED) is 0.138. The highest BCUT2D eigenvalue weighted by Gasteiger charge is 2.02. The van der Waals surface area contributed by atoms with Gasteiger partial charge in [0.2, 0.25) is 0 Å². The van der Waals surface area contributed by atoms with Crippen LogP contribution in [0.1, 0.15) is 136 Å². The minimum Gasteiger partial charge on any atom is -0.0885 e. The summed E-state index contributed by atoms with van der Waals surface area (Å²) in [7, 11) is 0. The molecule has 0 rings (SSSR count). The van der Waals surface area contributed by atoms with Gasteiger partial charge in [-0.15, -0.1) is 0 Å². The van der Waals surface area contributed by atoms with E-state index in [1.54, 1.807) is 0 Å². The molecule has 0 fully saturated rings. The third-order valence-electron chi connectivity index (χ3n) is 5.95. The summed E-state index contributed by atoms with van der Waals surface area (Å²) < 4.78 is 0. The first kappa shape index (κ1) is 26.7. The van der Waals surface area contributed by atoms with Crippen molar-refractivity contribution in [3.05, 3.63) is 26.0 Å². The predicted molar refractivity (Wildman–Crippen MR) is 126 cm³/mol. The fourth-order valence-corrected chi connectivity index (χ4v) is 3.91. The molecular formula is C27H52. The molecule has 0 aromatic heterocycles. The maximum Gasteiger partial charge on any atom is -0.0351 e. The van der Waals surface area contributed by atoms with E-state index in [1.807, 2.05) is 0 Å². The van der Waals surface area contributed by atoms with Crippen molar-refractivity contribution in [2.75, 3.05) is 0 Å². The summed E-state index contributed by atoms with van der Waals surface area (Å²) in [5.41, 5.74) is 0. The molecule has 0 saturated carbocycles. The molecule has 160 valence electrons. The zero-order valence-corrected chi connectivity index (χ0v) is 19.2. The van der Waals surface area contributed by atoms with E-state index in [9.17, 15) is 0 Å². The maximum atomic E-state index is 3.92. The zero-order chi connectivity index (χ0) is 20.0. The Balaban J connectivity index is 3.32. The molecule has 27 heavy (non-hydrogen) atoms. The maximum absolute atomic E-state index is 3.92. The van der Waals surface area contributed by atoms with Crippen molar-refractivity contribution in [2.45, 2.75) is 136 Å². The summed E-state index contributed by atoms with van der Waals surface area (Å²) >= 11 is 0. The first-order valence-electron chi connectivity index (χ1n) is 12.4. The molecule has 2 unspecified atom stereocenters. The van der Waals surface area contributed by atoms with Crippen LogP contribution in [-0.2, 0) is 0 Å².